The molecular weight excluding hydrogens is 340 g/mol. The Morgan fingerprint density at radius 3 is 2.74 bits per heavy atom. The maximum atomic E-state index is 11.3. The van der Waals surface area contributed by atoms with E-state index in [0.29, 0.717) is 35.6 Å². The second-order valence-corrected chi connectivity index (χ2v) is 9.76. The number of hydrogen-bond donors (Lipinski definition) is 4. The maximum Gasteiger partial charge on any atom is 0.102 e. The van der Waals surface area contributed by atoms with E-state index in [4.69, 9.17) is 5.41 Å². The van der Waals surface area contributed by atoms with Crippen LogP contribution in [0.25, 0.3) is 0 Å². The number of aliphatic hydroxyl groups excluding tert-OH is 2. The predicted molar refractivity (Wildman–Crippen MR) is 105 cm³/mol. The Morgan fingerprint density at radius 1 is 1.33 bits per heavy atom. The van der Waals surface area contributed by atoms with Gasteiger partial charge >= 0.3 is 0 Å². The zero-order valence-corrected chi connectivity index (χ0v) is 16.5. The Bertz CT molecular complexity index is 742. The normalized spacial score (nSPS) is 50.0. The minimum Gasteiger partial charge on any atom is -0.410 e. The monoisotopic (exact) mass is 372 g/mol. The van der Waals surface area contributed by atoms with E-state index in [0.717, 1.165) is 19.3 Å². The molecule has 0 saturated heterocycles. The number of hydrogen-bond acceptors (Lipinski definition) is 5. The van der Waals surface area contributed by atoms with Crippen molar-refractivity contribution in [2.45, 2.75) is 52.6 Å². The van der Waals surface area contributed by atoms with E-state index in [9.17, 15) is 15.4 Å². The van der Waals surface area contributed by atoms with E-state index in [-0.39, 0.29) is 29.3 Å². The van der Waals surface area contributed by atoms with Crippen LogP contribution >= 0.6 is 0 Å². The largest absolute Gasteiger partial charge is 0.410 e. The molecule has 0 radical (unpaired) electrons. The molecule has 27 heavy (non-hydrogen) atoms. The number of allylic oxidation sites excluding steroid dienone is 4. The van der Waals surface area contributed by atoms with Crippen molar-refractivity contribution in [3.63, 3.8) is 0 Å². The van der Waals surface area contributed by atoms with Crippen molar-refractivity contribution < 1.29 is 15.4 Å². The summed E-state index contributed by atoms with van der Waals surface area (Å²) in [4.78, 5) is 0. The van der Waals surface area contributed by atoms with Crippen molar-refractivity contribution in [3.8, 4) is 0 Å². The molecule has 2 unspecified atom stereocenters. The molecule has 4 aliphatic carbocycles. The first kappa shape index (κ1) is 18.9. The molecule has 8 atom stereocenters. The van der Waals surface area contributed by atoms with Gasteiger partial charge in [-0.3, -0.25) is 0 Å². The highest BCUT2D eigenvalue weighted by molar-refractivity contribution is 6.05. The van der Waals surface area contributed by atoms with Crippen LogP contribution in [0.1, 0.15) is 46.5 Å². The third-order valence-electron chi connectivity index (χ3n) is 8.53. The molecule has 0 heterocycles. The van der Waals surface area contributed by atoms with Crippen LogP contribution in [0.4, 0.5) is 0 Å². The lowest BCUT2D eigenvalue weighted by molar-refractivity contribution is -0.115. The molecule has 0 aromatic carbocycles. The van der Waals surface area contributed by atoms with Crippen molar-refractivity contribution >= 4 is 11.4 Å². The zero-order chi connectivity index (χ0) is 19.6. The molecule has 148 valence electrons. The Labute approximate surface area is 161 Å². The minimum atomic E-state index is -0.429. The van der Waals surface area contributed by atoms with Crippen molar-refractivity contribution in [2.24, 2.45) is 45.6 Å². The van der Waals surface area contributed by atoms with Crippen LogP contribution < -0.4 is 0 Å². The van der Waals surface area contributed by atoms with Gasteiger partial charge in [-0.05, 0) is 61.0 Å². The lowest BCUT2D eigenvalue weighted by Gasteiger charge is -2.60. The zero-order valence-electron chi connectivity index (χ0n) is 16.5. The quantitative estimate of drug-likeness (QED) is 0.340. The van der Waals surface area contributed by atoms with Gasteiger partial charge in [-0.25, -0.2) is 0 Å². The molecule has 0 aliphatic heterocycles. The fourth-order valence-corrected chi connectivity index (χ4v) is 7.50. The van der Waals surface area contributed by atoms with Crippen molar-refractivity contribution in [1.82, 2.24) is 0 Å². The number of rotatable bonds is 2. The summed E-state index contributed by atoms with van der Waals surface area (Å²) >= 11 is 0. The topological polar surface area (TPSA) is 96.9 Å². The summed E-state index contributed by atoms with van der Waals surface area (Å²) in [5.74, 6) is 1.48. The summed E-state index contributed by atoms with van der Waals surface area (Å²) in [6, 6.07) is 0. The molecule has 4 aliphatic rings. The standard InChI is InChI=1S/C22H32N2O3/c1-12-8-14-15-4-5-16(18(23)11-25)22(15,3)10-19(26)20(14)21(2)7-6-13(24-27)9-17(12)21/h6-7,9,12,14-16,19-20,23,25-27H,4-5,8,10-11H2,1-3H3/b23-18?,24-13+/t12-,14?,15?,16+,19-,20+,21-,22-/m0/s1. The van der Waals surface area contributed by atoms with E-state index in [1.807, 2.05) is 12.2 Å². The lowest BCUT2D eigenvalue weighted by Crippen LogP contribution is -2.57. The van der Waals surface area contributed by atoms with Gasteiger partial charge in [0.1, 0.15) is 5.71 Å². The summed E-state index contributed by atoms with van der Waals surface area (Å²) < 4.78 is 0. The van der Waals surface area contributed by atoms with Gasteiger partial charge in [0.25, 0.3) is 0 Å². The summed E-state index contributed by atoms with van der Waals surface area (Å²) in [7, 11) is 0. The number of fused-ring (bicyclic) bond motifs is 5. The van der Waals surface area contributed by atoms with Crippen LogP contribution in [0.5, 0.6) is 0 Å². The van der Waals surface area contributed by atoms with Crippen molar-refractivity contribution in [1.29, 1.82) is 5.41 Å². The fraction of sp³-hybridized carbons (Fsp3) is 0.727. The van der Waals surface area contributed by atoms with E-state index in [2.05, 4.69) is 32.0 Å². The van der Waals surface area contributed by atoms with Gasteiger partial charge < -0.3 is 20.8 Å². The van der Waals surface area contributed by atoms with Gasteiger partial charge in [-0.1, -0.05) is 37.6 Å². The Balaban J connectivity index is 1.74. The number of nitrogens with zero attached hydrogens (tertiary/aromatic N) is 1. The lowest BCUT2D eigenvalue weighted by atomic mass is 9.45. The molecule has 4 rings (SSSR count). The molecule has 5 nitrogen and oxygen atoms in total. The number of nitrogens with one attached hydrogen (secondary N) is 1. The maximum absolute atomic E-state index is 11.3. The summed E-state index contributed by atoms with van der Waals surface area (Å²) in [5, 5.41) is 41.7. The molecule has 3 fully saturated rings. The average Bonchev–Trinajstić information content (AvgIpc) is 2.97. The van der Waals surface area contributed by atoms with Crippen LogP contribution in [0.3, 0.4) is 0 Å². The van der Waals surface area contributed by atoms with Gasteiger partial charge in [0.15, 0.2) is 0 Å². The van der Waals surface area contributed by atoms with E-state index in [1.54, 1.807) is 0 Å². The average molecular weight is 373 g/mol. The predicted octanol–water partition coefficient (Wildman–Crippen LogP) is 3.40. The molecule has 5 heteroatoms. The third-order valence-corrected chi connectivity index (χ3v) is 8.53. The summed E-state index contributed by atoms with van der Waals surface area (Å²) in [6.45, 7) is 6.54. The third kappa shape index (κ3) is 2.51. The second-order valence-electron chi connectivity index (χ2n) is 9.76. The highest BCUT2D eigenvalue weighted by Crippen LogP contribution is 2.66. The Hall–Kier alpha value is -1.46. The molecule has 0 aromatic rings. The summed E-state index contributed by atoms with van der Waals surface area (Å²) in [6.07, 6.45) is 9.32. The summed E-state index contributed by atoms with van der Waals surface area (Å²) in [5.41, 5.74) is 1.95. The number of oxime groups is 1. The Kier molecular flexibility index (Phi) is 4.39. The van der Waals surface area contributed by atoms with E-state index < -0.39 is 6.10 Å². The van der Waals surface area contributed by atoms with Crippen molar-refractivity contribution in [3.05, 3.63) is 23.8 Å². The highest BCUT2D eigenvalue weighted by Gasteiger charge is 2.62. The second kappa shape index (κ2) is 6.28. The number of aliphatic hydroxyl groups is 2. The molecular formula is C22H32N2O3. The van der Waals surface area contributed by atoms with E-state index >= 15 is 0 Å². The minimum absolute atomic E-state index is 0.0816. The van der Waals surface area contributed by atoms with Crippen LogP contribution in [0.15, 0.2) is 29.0 Å². The Morgan fingerprint density at radius 2 is 2.07 bits per heavy atom. The fourth-order valence-electron chi connectivity index (χ4n) is 7.50. The first-order chi connectivity index (χ1) is 12.8. The van der Waals surface area contributed by atoms with Crippen LogP contribution in [0, 0.1) is 45.8 Å². The SMILES string of the molecule is C[C@H]1CC2C3CC[C@H](C(=N)CO)[C@@]3(C)C[C@H](O)[C@@H]2[C@@]2(C)C=C/C(=N\O)C=C12. The first-order valence-corrected chi connectivity index (χ1v) is 10.3. The van der Waals surface area contributed by atoms with Crippen LogP contribution in [0.2, 0.25) is 0 Å². The van der Waals surface area contributed by atoms with Crippen LogP contribution in [-0.4, -0.2) is 39.6 Å². The van der Waals surface area contributed by atoms with Gasteiger partial charge in [-0.15, -0.1) is 0 Å². The van der Waals surface area contributed by atoms with Gasteiger partial charge in [0.05, 0.1) is 12.7 Å². The first-order valence-electron chi connectivity index (χ1n) is 10.3. The van der Waals surface area contributed by atoms with Crippen molar-refractivity contribution in [2.75, 3.05) is 6.61 Å². The van der Waals surface area contributed by atoms with Gasteiger partial charge in [0.2, 0.25) is 0 Å². The van der Waals surface area contributed by atoms with Gasteiger partial charge in [0, 0.05) is 23.0 Å². The van der Waals surface area contributed by atoms with Gasteiger partial charge in [-0.2, -0.15) is 0 Å². The highest BCUT2D eigenvalue weighted by atomic mass is 16.4. The molecule has 0 aromatic heterocycles. The molecule has 3 saturated carbocycles. The molecule has 4 N–H and O–H groups in total. The molecule has 0 spiro atoms. The van der Waals surface area contributed by atoms with Crippen LogP contribution in [-0.2, 0) is 0 Å². The smallest absolute Gasteiger partial charge is 0.102 e. The molecule has 0 amide bonds. The van der Waals surface area contributed by atoms with E-state index in [1.165, 1.54) is 5.57 Å². The molecule has 0 bridgehead atoms.